The molecule has 0 bridgehead atoms. The zero-order valence-electron chi connectivity index (χ0n) is 17.8. The van der Waals surface area contributed by atoms with Crippen molar-refractivity contribution in [1.82, 2.24) is 10.2 Å². The second-order valence-corrected chi connectivity index (χ2v) is 8.14. The quantitative estimate of drug-likeness (QED) is 0.481. The fourth-order valence-corrected chi connectivity index (χ4v) is 3.98. The molecule has 176 valence electrons. The molecule has 31 heavy (non-hydrogen) atoms. The van der Waals surface area contributed by atoms with Crippen LogP contribution in [0.5, 0.6) is 11.5 Å². The van der Waals surface area contributed by atoms with Crippen LogP contribution in [0.1, 0.15) is 43.8 Å². The monoisotopic (exact) mass is 446 g/mol. The van der Waals surface area contributed by atoms with Gasteiger partial charge in [-0.25, -0.2) is 0 Å². The third-order valence-electron chi connectivity index (χ3n) is 5.58. The predicted octanol–water partition coefficient (Wildman–Crippen LogP) is 3.29. The summed E-state index contributed by atoms with van der Waals surface area (Å²) in [5, 5.41) is 14.5. The number of hydrogen-bond donors (Lipinski definition) is 2. The summed E-state index contributed by atoms with van der Waals surface area (Å²) in [5.74, 6) is 1.35. The lowest BCUT2D eigenvalue weighted by atomic mass is 10.0. The Labute approximate surface area is 181 Å². The van der Waals surface area contributed by atoms with Gasteiger partial charge in [0.05, 0.1) is 6.10 Å². The van der Waals surface area contributed by atoms with Crippen molar-refractivity contribution in [1.29, 1.82) is 0 Å². The van der Waals surface area contributed by atoms with Gasteiger partial charge in [0.25, 0.3) is 0 Å². The number of fused-ring (bicyclic) bond motifs is 1. The molecule has 1 aromatic rings. The van der Waals surface area contributed by atoms with Crippen LogP contribution in [0.4, 0.5) is 13.2 Å². The molecule has 0 spiro atoms. The van der Waals surface area contributed by atoms with Crippen LogP contribution < -0.4 is 14.8 Å². The van der Waals surface area contributed by atoms with Crippen LogP contribution in [0.2, 0.25) is 0 Å². The van der Waals surface area contributed by atoms with Gasteiger partial charge < -0.3 is 29.5 Å². The van der Waals surface area contributed by atoms with E-state index in [-0.39, 0.29) is 12.6 Å². The number of unbranched alkanes of at least 4 members (excludes halogenated alkanes) is 2. The molecule has 0 unspecified atom stereocenters. The lowest BCUT2D eigenvalue weighted by Crippen LogP contribution is -2.44. The van der Waals surface area contributed by atoms with Crippen LogP contribution in [0.25, 0.3) is 0 Å². The summed E-state index contributed by atoms with van der Waals surface area (Å²) in [6, 6.07) is 5.40. The number of benzene rings is 1. The van der Waals surface area contributed by atoms with E-state index in [9.17, 15) is 18.3 Å². The average Bonchev–Trinajstić information content (AvgIpc) is 3.26. The minimum Gasteiger partial charge on any atom is -0.486 e. The van der Waals surface area contributed by atoms with E-state index in [0.717, 1.165) is 38.0 Å². The first-order chi connectivity index (χ1) is 14.9. The Balaban J connectivity index is 1.47. The minimum absolute atomic E-state index is 0.108. The van der Waals surface area contributed by atoms with Crippen LogP contribution in [0.15, 0.2) is 18.2 Å². The summed E-state index contributed by atoms with van der Waals surface area (Å²) in [4.78, 5) is 2.35. The second kappa shape index (κ2) is 11.9. The lowest BCUT2D eigenvalue weighted by Gasteiger charge is -2.29. The summed E-state index contributed by atoms with van der Waals surface area (Å²) < 4.78 is 52.1. The van der Waals surface area contributed by atoms with Crippen molar-refractivity contribution < 1.29 is 32.5 Å². The number of rotatable bonds is 12. The third-order valence-corrected chi connectivity index (χ3v) is 5.58. The van der Waals surface area contributed by atoms with E-state index in [1.807, 2.05) is 18.2 Å². The Kier molecular flexibility index (Phi) is 9.25. The van der Waals surface area contributed by atoms with Gasteiger partial charge in [-0.05, 0) is 69.4 Å². The van der Waals surface area contributed by atoms with E-state index >= 15 is 0 Å². The second-order valence-electron chi connectivity index (χ2n) is 8.14. The third kappa shape index (κ3) is 8.14. The maximum atomic E-state index is 12.1. The fourth-order valence-electron chi connectivity index (χ4n) is 3.98. The Morgan fingerprint density at radius 2 is 1.81 bits per heavy atom. The van der Waals surface area contributed by atoms with Gasteiger partial charge in [-0.15, -0.1) is 0 Å². The highest BCUT2D eigenvalue weighted by atomic mass is 19.4. The van der Waals surface area contributed by atoms with Crippen molar-refractivity contribution in [2.24, 2.45) is 0 Å². The summed E-state index contributed by atoms with van der Waals surface area (Å²) in [5.41, 5.74) is 0.779. The largest absolute Gasteiger partial charge is 0.486 e. The highest BCUT2D eigenvalue weighted by Gasteiger charge is 2.27. The maximum Gasteiger partial charge on any atom is 0.411 e. The summed E-state index contributed by atoms with van der Waals surface area (Å²) >= 11 is 0. The van der Waals surface area contributed by atoms with Gasteiger partial charge in [0.15, 0.2) is 11.5 Å². The zero-order valence-corrected chi connectivity index (χ0v) is 17.8. The standard InChI is InChI=1S/C22H33F3N2O4/c23-22(24,25)16-29-11-5-1-2-8-26-18(15-27-9-3-4-10-27)21(28)17-6-7-19-20(14-17)31-13-12-30-19/h6-7,14,18,21,26,28H,1-5,8-13,15-16H2/t18-,21-/m1/s1. The molecule has 1 aromatic carbocycles. The number of nitrogens with one attached hydrogen (secondary N) is 1. The van der Waals surface area contributed by atoms with Gasteiger partial charge in [0.2, 0.25) is 0 Å². The number of aliphatic hydroxyl groups excluding tert-OH is 1. The van der Waals surface area contributed by atoms with Crippen molar-refractivity contribution in [2.45, 2.75) is 50.4 Å². The Morgan fingerprint density at radius 1 is 1.06 bits per heavy atom. The summed E-state index contributed by atoms with van der Waals surface area (Å²) in [7, 11) is 0. The van der Waals surface area contributed by atoms with Gasteiger partial charge in [-0.1, -0.05) is 6.07 Å². The van der Waals surface area contributed by atoms with Gasteiger partial charge in [-0.3, -0.25) is 0 Å². The summed E-state index contributed by atoms with van der Waals surface area (Å²) in [6.07, 6.45) is -0.476. The first-order valence-electron chi connectivity index (χ1n) is 11.1. The molecule has 0 aromatic heterocycles. The van der Waals surface area contributed by atoms with E-state index in [1.54, 1.807) is 0 Å². The van der Waals surface area contributed by atoms with E-state index in [1.165, 1.54) is 12.8 Å². The summed E-state index contributed by atoms with van der Waals surface area (Å²) in [6.45, 7) is 3.42. The number of hydrogen-bond acceptors (Lipinski definition) is 6. The molecule has 1 fully saturated rings. The van der Waals surface area contributed by atoms with Crippen LogP contribution in [0, 0.1) is 0 Å². The molecule has 0 aliphatic carbocycles. The van der Waals surface area contributed by atoms with Crippen molar-refractivity contribution in [2.75, 3.05) is 52.6 Å². The van der Waals surface area contributed by atoms with Crippen LogP contribution in [0.3, 0.4) is 0 Å². The maximum absolute atomic E-state index is 12.1. The molecule has 6 nitrogen and oxygen atoms in total. The SMILES string of the molecule is O[C@H](c1ccc2c(c1)OCCO2)[C@@H](CN1CCCC1)NCCCCCOCC(F)(F)F. The molecule has 2 N–H and O–H groups in total. The lowest BCUT2D eigenvalue weighted by molar-refractivity contribution is -0.174. The number of likely N-dealkylation sites (tertiary alicyclic amines) is 1. The van der Waals surface area contributed by atoms with E-state index < -0.39 is 18.9 Å². The molecule has 0 amide bonds. The van der Waals surface area contributed by atoms with E-state index in [0.29, 0.717) is 37.7 Å². The van der Waals surface area contributed by atoms with Gasteiger partial charge in [0, 0.05) is 19.2 Å². The minimum atomic E-state index is -4.27. The smallest absolute Gasteiger partial charge is 0.411 e. The average molecular weight is 447 g/mol. The topological polar surface area (TPSA) is 63.2 Å². The highest BCUT2D eigenvalue weighted by molar-refractivity contribution is 5.44. The van der Waals surface area contributed by atoms with E-state index in [2.05, 4.69) is 15.0 Å². The Hall–Kier alpha value is -1.55. The number of aliphatic hydroxyl groups is 1. The molecule has 9 heteroatoms. The van der Waals surface area contributed by atoms with Crippen LogP contribution >= 0.6 is 0 Å². The van der Waals surface area contributed by atoms with Gasteiger partial charge >= 0.3 is 6.18 Å². The Morgan fingerprint density at radius 3 is 2.55 bits per heavy atom. The van der Waals surface area contributed by atoms with Gasteiger partial charge in [-0.2, -0.15) is 13.2 Å². The molecular weight excluding hydrogens is 413 g/mol. The molecule has 0 radical (unpaired) electrons. The zero-order chi connectivity index (χ0) is 22.1. The first kappa shape index (κ1) is 24.1. The number of nitrogens with zero attached hydrogens (tertiary/aromatic N) is 1. The molecule has 1 saturated heterocycles. The number of alkyl halides is 3. The van der Waals surface area contributed by atoms with Crippen molar-refractivity contribution in [3.63, 3.8) is 0 Å². The molecule has 2 heterocycles. The molecule has 2 aliphatic heterocycles. The molecule has 2 aliphatic rings. The fraction of sp³-hybridized carbons (Fsp3) is 0.727. The van der Waals surface area contributed by atoms with Crippen LogP contribution in [-0.2, 0) is 4.74 Å². The molecule has 3 rings (SSSR count). The van der Waals surface area contributed by atoms with Crippen molar-refractivity contribution in [3.05, 3.63) is 23.8 Å². The molecule has 2 atom stereocenters. The van der Waals surface area contributed by atoms with Crippen molar-refractivity contribution in [3.8, 4) is 11.5 Å². The van der Waals surface area contributed by atoms with Crippen LogP contribution in [-0.4, -0.2) is 74.8 Å². The number of ether oxygens (including phenoxy) is 3. The Bertz CT molecular complexity index is 669. The number of halogens is 3. The first-order valence-corrected chi connectivity index (χ1v) is 11.1. The predicted molar refractivity (Wildman–Crippen MR) is 111 cm³/mol. The van der Waals surface area contributed by atoms with E-state index in [4.69, 9.17) is 9.47 Å². The highest BCUT2D eigenvalue weighted by Crippen LogP contribution is 2.33. The molecular formula is C22H33F3N2O4. The molecule has 0 saturated carbocycles. The normalized spacial score (nSPS) is 18.8. The van der Waals surface area contributed by atoms with Crippen molar-refractivity contribution >= 4 is 0 Å². The van der Waals surface area contributed by atoms with Gasteiger partial charge in [0.1, 0.15) is 19.8 Å².